The van der Waals surface area contributed by atoms with Gasteiger partial charge in [-0.05, 0) is 42.5 Å². The summed E-state index contributed by atoms with van der Waals surface area (Å²) in [5, 5.41) is 0. The molecule has 0 N–H and O–H groups in total. The fourth-order valence-corrected chi connectivity index (χ4v) is 3.51. The summed E-state index contributed by atoms with van der Waals surface area (Å²) in [7, 11) is 0. The monoisotopic (exact) mass is 255 g/mol. The second-order valence-corrected chi connectivity index (χ2v) is 5.56. The van der Waals surface area contributed by atoms with E-state index < -0.39 is 0 Å². The maximum absolute atomic E-state index is 3.60. The van der Waals surface area contributed by atoms with E-state index in [0.717, 1.165) is 12.6 Å². The minimum absolute atomic E-state index is 0.851. The van der Waals surface area contributed by atoms with Gasteiger partial charge in [0.2, 0.25) is 0 Å². The van der Waals surface area contributed by atoms with Crippen LogP contribution >= 0.6 is 27.9 Å². The predicted molar refractivity (Wildman–Crippen MR) is 58.6 cm³/mol. The van der Waals surface area contributed by atoms with Crippen molar-refractivity contribution in [3.63, 3.8) is 0 Å². The topological polar surface area (TPSA) is 3.24 Å². The first-order valence-electron chi connectivity index (χ1n) is 4.56. The lowest BCUT2D eigenvalue weighted by Crippen LogP contribution is -2.11. The zero-order chi connectivity index (χ0) is 8.84. The van der Waals surface area contributed by atoms with E-state index in [4.69, 9.17) is 0 Å². The summed E-state index contributed by atoms with van der Waals surface area (Å²) in [5.74, 6) is 0. The van der Waals surface area contributed by atoms with E-state index in [1.54, 1.807) is 0 Å². The van der Waals surface area contributed by atoms with Crippen molar-refractivity contribution in [1.82, 2.24) is 4.31 Å². The number of fused-ring (bicyclic) bond motifs is 1. The molecule has 1 heterocycles. The molecule has 3 rings (SSSR count). The Morgan fingerprint density at radius 3 is 2.92 bits per heavy atom. The third-order valence-electron chi connectivity index (χ3n) is 2.56. The lowest BCUT2D eigenvalue weighted by atomic mass is 10.2. The smallest absolute Gasteiger partial charge is 0.0369 e. The van der Waals surface area contributed by atoms with Gasteiger partial charge in [0.1, 0.15) is 0 Å². The Bertz CT molecular complexity index is 349. The molecule has 1 nitrogen and oxygen atoms in total. The molecule has 1 aromatic rings. The Morgan fingerprint density at radius 1 is 1.38 bits per heavy atom. The van der Waals surface area contributed by atoms with Crippen LogP contribution in [-0.2, 0) is 6.54 Å². The zero-order valence-electron chi connectivity index (χ0n) is 7.16. The van der Waals surface area contributed by atoms with E-state index in [-0.39, 0.29) is 0 Å². The molecule has 0 bridgehead atoms. The minimum Gasteiger partial charge on any atom is -0.239 e. The summed E-state index contributed by atoms with van der Waals surface area (Å²) in [5.41, 5.74) is 1.47. The summed E-state index contributed by atoms with van der Waals surface area (Å²) in [6.45, 7) is 1.12. The van der Waals surface area contributed by atoms with Gasteiger partial charge < -0.3 is 0 Å². The summed E-state index contributed by atoms with van der Waals surface area (Å²) >= 11 is 5.53. The molecule has 1 saturated carbocycles. The molecule has 0 saturated heterocycles. The fourth-order valence-electron chi connectivity index (χ4n) is 1.66. The molecule has 0 unspecified atom stereocenters. The van der Waals surface area contributed by atoms with Crippen molar-refractivity contribution in [2.45, 2.75) is 30.3 Å². The van der Waals surface area contributed by atoms with Crippen molar-refractivity contribution in [2.75, 3.05) is 0 Å². The van der Waals surface area contributed by atoms with Crippen LogP contribution < -0.4 is 0 Å². The number of nitrogens with zero attached hydrogens (tertiary/aromatic N) is 1. The van der Waals surface area contributed by atoms with Gasteiger partial charge in [0, 0.05) is 22.0 Å². The highest BCUT2D eigenvalue weighted by molar-refractivity contribution is 9.10. The molecule has 0 radical (unpaired) electrons. The standard InChI is InChI=1S/C10H10BrNS/c11-9-2-1-3-10-8(9)6-12(13-10)7-4-5-7/h1-3,7H,4-6H2. The molecule has 3 heteroatoms. The fraction of sp³-hybridized carbons (Fsp3) is 0.400. The number of hydrogen-bond donors (Lipinski definition) is 0. The van der Waals surface area contributed by atoms with Crippen molar-refractivity contribution >= 4 is 27.9 Å². The van der Waals surface area contributed by atoms with Gasteiger partial charge in [-0.25, -0.2) is 4.31 Å². The largest absolute Gasteiger partial charge is 0.239 e. The molecule has 1 fully saturated rings. The van der Waals surface area contributed by atoms with Gasteiger partial charge in [-0.3, -0.25) is 0 Å². The van der Waals surface area contributed by atoms with Crippen LogP contribution in [0.5, 0.6) is 0 Å². The van der Waals surface area contributed by atoms with E-state index in [0.29, 0.717) is 0 Å². The van der Waals surface area contributed by atoms with Crippen LogP contribution in [0.25, 0.3) is 0 Å². The van der Waals surface area contributed by atoms with Gasteiger partial charge in [0.05, 0.1) is 0 Å². The van der Waals surface area contributed by atoms with E-state index in [1.165, 1.54) is 27.8 Å². The zero-order valence-corrected chi connectivity index (χ0v) is 9.57. The molecule has 13 heavy (non-hydrogen) atoms. The third kappa shape index (κ3) is 1.43. The molecule has 2 aliphatic rings. The van der Waals surface area contributed by atoms with Crippen LogP contribution in [0.3, 0.4) is 0 Å². The van der Waals surface area contributed by atoms with E-state index in [2.05, 4.69) is 38.4 Å². The van der Waals surface area contributed by atoms with Gasteiger partial charge in [-0.15, -0.1) is 0 Å². The lowest BCUT2D eigenvalue weighted by molar-refractivity contribution is 0.470. The van der Waals surface area contributed by atoms with Crippen LogP contribution in [0.4, 0.5) is 0 Å². The van der Waals surface area contributed by atoms with Crippen molar-refractivity contribution < 1.29 is 0 Å². The van der Waals surface area contributed by atoms with Crippen LogP contribution in [-0.4, -0.2) is 10.3 Å². The van der Waals surface area contributed by atoms with Gasteiger partial charge in [-0.1, -0.05) is 22.0 Å². The summed E-state index contributed by atoms with van der Waals surface area (Å²) in [6, 6.07) is 7.32. The first-order chi connectivity index (χ1) is 6.34. The Balaban J connectivity index is 1.94. The van der Waals surface area contributed by atoms with Gasteiger partial charge >= 0.3 is 0 Å². The van der Waals surface area contributed by atoms with Crippen LogP contribution in [0.15, 0.2) is 27.6 Å². The van der Waals surface area contributed by atoms with Gasteiger partial charge in [0.15, 0.2) is 0 Å². The number of rotatable bonds is 1. The molecule has 0 spiro atoms. The van der Waals surface area contributed by atoms with Crippen LogP contribution in [0.1, 0.15) is 18.4 Å². The molecule has 0 atom stereocenters. The molecular formula is C10H10BrNS. The van der Waals surface area contributed by atoms with Crippen LogP contribution in [0, 0.1) is 0 Å². The molecular weight excluding hydrogens is 246 g/mol. The molecule has 0 aromatic heterocycles. The van der Waals surface area contributed by atoms with E-state index >= 15 is 0 Å². The second kappa shape index (κ2) is 3.01. The quantitative estimate of drug-likeness (QED) is 0.708. The van der Waals surface area contributed by atoms with Crippen molar-refractivity contribution in [3.05, 3.63) is 28.2 Å². The first kappa shape index (κ1) is 8.33. The molecule has 1 aliphatic heterocycles. The number of hydrogen-bond acceptors (Lipinski definition) is 2. The maximum atomic E-state index is 3.60. The van der Waals surface area contributed by atoms with Gasteiger partial charge in [0.25, 0.3) is 0 Å². The highest BCUT2D eigenvalue weighted by Crippen LogP contribution is 2.45. The summed E-state index contributed by atoms with van der Waals surface area (Å²) in [4.78, 5) is 1.43. The normalized spacial score (nSPS) is 21.9. The number of halogens is 1. The summed E-state index contributed by atoms with van der Waals surface area (Å²) in [6.07, 6.45) is 2.78. The van der Waals surface area contributed by atoms with Gasteiger partial charge in [-0.2, -0.15) is 0 Å². The molecule has 68 valence electrons. The van der Waals surface area contributed by atoms with Crippen molar-refractivity contribution in [1.29, 1.82) is 0 Å². The van der Waals surface area contributed by atoms with Crippen LogP contribution in [0.2, 0.25) is 0 Å². The SMILES string of the molecule is Brc1cccc2c1CN(C1CC1)S2. The highest BCUT2D eigenvalue weighted by atomic mass is 79.9. The summed E-state index contributed by atoms with van der Waals surface area (Å²) < 4.78 is 3.77. The third-order valence-corrected chi connectivity index (χ3v) is 4.54. The predicted octanol–water partition coefficient (Wildman–Crippen LogP) is 3.43. The van der Waals surface area contributed by atoms with E-state index in [1.807, 2.05) is 11.9 Å². The Kier molecular flexibility index (Phi) is 1.93. The average Bonchev–Trinajstić information content (AvgIpc) is 2.87. The Hall–Kier alpha value is 0.01000. The first-order valence-corrected chi connectivity index (χ1v) is 6.13. The maximum Gasteiger partial charge on any atom is 0.0369 e. The van der Waals surface area contributed by atoms with E-state index in [9.17, 15) is 0 Å². The number of benzene rings is 1. The molecule has 1 aromatic carbocycles. The highest BCUT2D eigenvalue weighted by Gasteiger charge is 2.34. The van der Waals surface area contributed by atoms with Crippen molar-refractivity contribution in [2.24, 2.45) is 0 Å². The Labute approximate surface area is 90.8 Å². The van der Waals surface area contributed by atoms with Crippen molar-refractivity contribution in [3.8, 4) is 0 Å². The lowest BCUT2D eigenvalue weighted by Gasteiger charge is -2.10. The Morgan fingerprint density at radius 2 is 2.23 bits per heavy atom. The second-order valence-electron chi connectivity index (χ2n) is 3.61. The average molecular weight is 256 g/mol. The molecule has 0 amide bonds. The molecule has 1 aliphatic carbocycles. The minimum atomic E-state index is 0.851.